The predicted octanol–water partition coefficient (Wildman–Crippen LogP) is 3.37. The Labute approximate surface area is 123 Å². The first kappa shape index (κ1) is 14.7. The summed E-state index contributed by atoms with van der Waals surface area (Å²) in [4.78, 5) is 13.0. The van der Waals surface area contributed by atoms with Gasteiger partial charge in [0.05, 0.1) is 11.7 Å². The number of nitrogens with one attached hydrogen (secondary N) is 1. The summed E-state index contributed by atoms with van der Waals surface area (Å²) in [6.45, 7) is 4.10. The number of rotatable bonds is 6. The molecule has 0 aliphatic rings. The van der Waals surface area contributed by atoms with Crippen molar-refractivity contribution in [3.8, 4) is 0 Å². The van der Waals surface area contributed by atoms with Gasteiger partial charge >= 0.3 is 0 Å². The standard InChI is InChI=1S/C15H19N3OS/c1-3-8-13(11-9-6-5-7-10-11)16-15(19)14-12(4-2)17-18-20-14/h5-7,9-10,13H,3-4,8H2,1-2H3,(H,16,19)/t13-/m0/s1. The van der Waals surface area contributed by atoms with Gasteiger partial charge in [-0.25, -0.2) is 0 Å². The van der Waals surface area contributed by atoms with Crippen molar-refractivity contribution < 1.29 is 4.79 Å². The summed E-state index contributed by atoms with van der Waals surface area (Å²) in [6.07, 6.45) is 2.66. The summed E-state index contributed by atoms with van der Waals surface area (Å²) >= 11 is 1.16. The average Bonchev–Trinajstić information content (AvgIpc) is 2.96. The molecule has 1 amide bonds. The van der Waals surface area contributed by atoms with E-state index in [9.17, 15) is 4.79 Å². The number of hydrogen-bond acceptors (Lipinski definition) is 4. The Balaban J connectivity index is 2.14. The Bertz CT molecular complexity index is 553. The zero-order valence-corrected chi connectivity index (χ0v) is 12.6. The van der Waals surface area contributed by atoms with Gasteiger partial charge < -0.3 is 5.32 Å². The van der Waals surface area contributed by atoms with Crippen LogP contribution in [0.1, 0.15) is 53.7 Å². The van der Waals surface area contributed by atoms with Crippen LogP contribution in [0, 0.1) is 0 Å². The topological polar surface area (TPSA) is 54.9 Å². The van der Waals surface area contributed by atoms with Crippen molar-refractivity contribution in [2.24, 2.45) is 0 Å². The highest BCUT2D eigenvalue weighted by atomic mass is 32.1. The van der Waals surface area contributed by atoms with E-state index in [4.69, 9.17) is 0 Å². The SMILES string of the molecule is CCC[C@H](NC(=O)c1snnc1CC)c1ccccc1. The van der Waals surface area contributed by atoms with Gasteiger partial charge in [0.15, 0.2) is 0 Å². The predicted molar refractivity (Wildman–Crippen MR) is 80.8 cm³/mol. The van der Waals surface area contributed by atoms with E-state index in [1.165, 1.54) is 0 Å². The Morgan fingerprint density at radius 3 is 2.70 bits per heavy atom. The number of carbonyl (C=O) groups is 1. The number of hydrogen-bond donors (Lipinski definition) is 1. The fourth-order valence-electron chi connectivity index (χ4n) is 2.13. The van der Waals surface area contributed by atoms with E-state index in [-0.39, 0.29) is 11.9 Å². The van der Waals surface area contributed by atoms with E-state index in [0.29, 0.717) is 4.88 Å². The molecule has 0 radical (unpaired) electrons. The van der Waals surface area contributed by atoms with Crippen molar-refractivity contribution in [3.05, 3.63) is 46.5 Å². The minimum absolute atomic E-state index is 0.0421. The Kier molecular flexibility index (Phi) is 5.24. The van der Waals surface area contributed by atoms with Gasteiger partial charge in [-0.2, -0.15) is 0 Å². The first-order chi connectivity index (χ1) is 9.76. The van der Waals surface area contributed by atoms with Crippen LogP contribution in [-0.2, 0) is 6.42 Å². The number of amides is 1. The van der Waals surface area contributed by atoms with Crippen molar-refractivity contribution in [3.63, 3.8) is 0 Å². The zero-order valence-electron chi connectivity index (χ0n) is 11.8. The lowest BCUT2D eigenvalue weighted by Crippen LogP contribution is -2.28. The number of aryl methyl sites for hydroxylation is 1. The Morgan fingerprint density at radius 2 is 2.05 bits per heavy atom. The van der Waals surface area contributed by atoms with Gasteiger partial charge in [-0.15, -0.1) is 5.10 Å². The maximum Gasteiger partial charge on any atom is 0.265 e. The lowest BCUT2D eigenvalue weighted by molar-refractivity contribution is 0.0937. The average molecular weight is 289 g/mol. The van der Waals surface area contributed by atoms with Crippen molar-refractivity contribution >= 4 is 17.4 Å². The molecule has 0 aliphatic carbocycles. The molecule has 0 unspecified atom stereocenters. The molecule has 106 valence electrons. The van der Waals surface area contributed by atoms with Crippen LogP contribution >= 0.6 is 11.5 Å². The maximum absolute atomic E-state index is 12.4. The zero-order chi connectivity index (χ0) is 14.4. The number of nitrogens with zero attached hydrogens (tertiary/aromatic N) is 2. The van der Waals surface area contributed by atoms with Gasteiger partial charge in [-0.05, 0) is 29.9 Å². The Morgan fingerprint density at radius 1 is 1.30 bits per heavy atom. The van der Waals surface area contributed by atoms with E-state index in [1.807, 2.05) is 37.3 Å². The lowest BCUT2D eigenvalue weighted by Gasteiger charge is -2.18. The molecule has 2 rings (SSSR count). The summed E-state index contributed by atoms with van der Waals surface area (Å²) < 4.78 is 3.87. The van der Waals surface area contributed by atoms with Gasteiger partial charge in [-0.1, -0.05) is 55.1 Å². The highest BCUT2D eigenvalue weighted by Gasteiger charge is 2.19. The number of aromatic nitrogens is 2. The third-order valence-corrected chi connectivity index (χ3v) is 3.95. The van der Waals surface area contributed by atoms with Crippen LogP contribution in [0.2, 0.25) is 0 Å². The van der Waals surface area contributed by atoms with Crippen LogP contribution in [-0.4, -0.2) is 15.5 Å². The lowest BCUT2D eigenvalue weighted by atomic mass is 10.0. The second-order valence-electron chi connectivity index (χ2n) is 4.63. The quantitative estimate of drug-likeness (QED) is 0.887. The molecule has 1 heterocycles. The van der Waals surface area contributed by atoms with E-state index in [0.717, 1.165) is 42.1 Å². The third kappa shape index (κ3) is 3.42. The van der Waals surface area contributed by atoms with Crippen molar-refractivity contribution in [1.29, 1.82) is 0 Å². The smallest absolute Gasteiger partial charge is 0.265 e. The Hall–Kier alpha value is -1.75. The highest BCUT2D eigenvalue weighted by molar-refractivity contribution is 7.08. The molecule has 0 saturated carbocycles. The van der Waals surface area contributed by atoms with E-state index in [1.54, 1.807) is 0 Å². The fourth-order valence-corrected chi connectivity index (χ4v) is 2.79. The van der Waals surface area contributed by atoms with Gasteiger partial charge in [0.1, 0.15) is 4.88 Å². The fraction of sp³-hybridized carbons (Fsp3) is 0.400. The first-order valence-electron chi connectivity index (χ1n) is 6.93. The molecule has 0 saturated heterocycles. The summed E-state index contributed by atoms with van der Waals surface area (Å²) in [5.41, 5.74) is 1.91. The van der Waals surface area contributed by atoms with Crippen molar-refractivity contribution in [2.75, 3.05) is 0 Å². The molecule has 20 heavy (non-hydrogen) atoms. The van der Waals surface area contributed by atoms with Gasteiger partial charge in [0, 0.05) is 0 Å². The second-order valence-corrected chi connectivity index (χ2v) is 5.38. The normalized spacial score (nSPS) is 12.1. The number of benzene rings is 1. The molecule has 1 aromatic carbocycles. The minimum Gasteiger partial charge on any atom is -0.344 e. The molecule has 5 heteroatoms. The second kappa shape index (κ2) is 7.14. The van der Waals surface area contributed by atoms with Crippen LogP contribution in [0.5, 0.6) is 0 Å². The molecule has 1 aromatic heterocycles. The summed E-state index contributed by atoms with van der Waals surface area (Å²) in [5.74, 6) is -0.0702. The van der Waals surface area contributed by atoms with Crippen molar-refractivity contribution in [1.82, 2.24) is 14.9 Å². The first-order valence-corrected chi connectivity index (χ1v) is 7.70. The molecular formula is C15H19N3OS. The summed E-state index contributed by atoms with van der Waals surface area (Å²) in [5, 5.41) is 7.09. The molecule has 0 fully saturated rings. The van der Waals surface area contributed by atoms with E-state index < -0.39 is 0 Å². The van der Waals surface area contributed by atoms with Gasteiger partial charge in [0.25, 0.3) is 5.91 Å². The van der Waals surface area contributed by atoms with Crippen LogP contribution in [0.15, 0.2) is 30.3 Å². The molecule has 1 N–H and O–H groups in total. The molecule has 2 aromatic rings. The van der Waals surface area contributed by atoms with E-state index >= 15 is 0 Å². The van der Waals surface area contributed by atoms with Crippen LogP contribution in [0.3, 0.4) is 0 Å². The molecule has 1 atom stereocenters. The molecular weight excluding hydrogens is 270 g/mol. The van der Waals surface area contributed by atoms with Gasteiger partial charge in [-0.3, -0.25) is 4.79 Å². The van der Waals surface area contributed by atoms with Gasteiger partial charge in [0.2, 0.25) is 0 Å². The number of carbonyl (C=O) groups excluding carboxylic acids is 1. The van der Waals surface area contributed by atoms with E-state index in [2.05, 4.69) is 21.8 Å². The maximum atomic E-state index is 12.4. The molecule has 0 spiro atoms. The van der Waals surface area contributed by atoms with Crippen LogP contribution < -0.4 is 5.32 Å². The minimum atomic E-state index is -0.0702. The molecule has 0 aliphatic heterocycles. The third-order valence-electron chi connectivity index (χ3n) is 3.18. The molecule has 4 nitrogen and oxygen atoms in total. The monoisotopic (exact) mass is 289 g/mol. The van der Waals surface area contributed by atoms with Crippen molar-refractivity contribution in [2.45, 2.75) is 39.2 Å². The van der Waals surface area contributed by atoms with Crippen LogP contribution in [0.4, 0.5) is 0 Å². The molecule has 0 bridgehead atoms. The highest BCUT2D eigenvalue weighted by Crippen LogP contribution is 2.20. The van der Waals surface area contributed by atoms with Crippen LogP contribution in [0.25, 0.3) is 0 Å². The summed E-state index contributed by atoms with van der Waals surface area (Å²) in [7, 11) is 0. The largest absolute Gasteiger partial charge is 0.344 e. The summed E-state index contributed by atoms with van der Waals surface area (Å²) in [6, 6.07) is 10.1.